The van der Waals surface area contributed by atoms with Gasteiger partial charge in [-0.15, -0.1) is 0 Å². The zero-order chi connectivity index (χ0) is 22.7. The van der Waals surface area contributed by atoms with Crippen LogP contribution in [0.5, 0.6) is 5.75 Å². The van der Waals surface area contributed by atoms with Crippen molar-refractivity contribution in [1.29, 1.82) is 5.26 Å². The summed E-state index contributed by atoms with van der Waals surface area (Å²) >= 11 is 0. The lowest BCUT2D eigenvalue weighted by Crippen LogP contribution is -2.43. The number of rotatable bonds is 7. The lowest BCUT2D eigenvalue weighted by atomic mass is 9.91. The van der Waals surface area contributed by atoms with E-state index in [9.17, 15) is 13.6 Å². The van der Waals surface area contributed by atoms with Gasteiger partial charge in [0.05, 0.1) is 18.7 Å². The number of alkyl halides is 2. The van der Waals surface area contributed by atoms with E-state index < -0.39 is 12.0 Å². The number of benzene rings is 1. The maximum atomic E-state index is 12.9. The minimum atomic E-state index is -2.62. The van der Waals surface area contributed by atoms with Crippen molar-refractivity contribution < 1.29 is 18.3 Å². The Morgan fingerprint density at radius 1 is 1.25 bits per heavy atom. The zero-order valence-electron chi connectivity index (χ0n) is 17.4. The molecule has 1 N–H and O–H groups in total. The van der Waals surface area contributed by atoms with Crippen molar-refractivity contribution in [2.24, 2.45) is 0 Å². The van der Waals surface area contributed by atoms with E-state index in [4.69, 9.17) is 10.00 Å². The Morgan fingerprint density at radius 3 is 2.69 bits per heavy atom. The Kier molecular flexibility index (Phi) is 5.86. The van der Waals surface area contributed by atoms with Gasteiger partial charge in [0.1, 0.15) is 23.6 Å². The van der Waals surface area contributed by atoms with E-state index in [1.54, 1.807) is 41.2 Å². The van der Waals surface area contributed by atoms with Crippen LogP contribution >= 0.6 is 0 Å². The highest BCUT2D eigenvalue weighted by atomic mass is 19.3. The number of aromatic nitrogens is 3. The van der Waals surface area contributed by atoms with Crippen molar-refractivity contribution >= 4 is 11.7 Å². The molecule has 1 aromatic carbocycles. The van der Waals surface area contributed by atoms with Crippen LogP contribution in [-0.4, -0.2) is 32.7 Å². The van der Waals surface area contributed by atoms with Gasteiger partial charge in [-0.25, -0.2) is 13.8 Å². The zero-order valence-corrected chi connectivity index (χ0v) is 17.4. The lowest BCUT2D eigenvalue weighted by molar-refractivity contribution is -0.134. The molecule has 1 aliphatic carbocycles. The van der Waals surface area contributed by atoms with Gasteiger partial charge < -0.3 is 10.1 Å². The van der Waals surface area contributed by atoms with Crippen LogP contribution in [0.2, 0.25) is 0 Å². The van der Waals surface area contributed by atoms with Crippen molar-refractivity contribution in [2.45, 2.75) is 44.8 Å². The third-order valence-corrected chi connectivity index (χ3v) is 5.14. The summed E-state index contributed by atoms with van der Waals surface area (Å²) in [5.41, 5.74) is 2.65. The minimum absolute atomic E-state index is 0.139. The van der Waals surface area contributed by atoms with Gasteiger partial charge in [0.2, 0.25) is 5.91 Å². The molecule has 32 heavy (non-hydrogen) atoms. The van der Waals surface area contributed by atoms with Gasteiger partial charge in [-0.3, -0.25) is 9.48 Å². The molecule has 2 aromatic heterocycles. The van der Waals surface area contributed by atoms with E-state index in [-0.39, 0.29) is 25.2 Å². The Labute approximate surface area is 183 Å². The molecule has 9 heteroatoms. The summed E-state index contributed by atoms with van der Waals surface area (Å²) in [4.78, 5) is 16.6. The number of halogens is 2. The number of nitriles is 1. The molecule has 1 saturated carbocycles. The molecule has 0 spiro atoms. The van der Waals surface area contributed by atoms with Crippen LogP contribution in [0.25, 0.3) is 0 Å². The molecule has 4 rings (SSSR count). The van der Waals surface area contributed by atoms with E-state index in [2.05, 4.69) is 21.5 Å². The summed E-state index contributed by atoms with van der Waals surface area (Å²) in [5.74, 6) is -1.93. The highest BCUT2D eigenvalue weighted by Gasteiger charge is 2.46. The smallest absolute Gasteiger partial charge is 0.255 e. The number of hydrogen-bond acceptors (Lipinski definition) is 5. The molecule has 1 amide bonds. The van der Waals surface area contributed by atoms with Crippen LogP contribution in [0, 0.1) is 18.3 Å². The highest BCUT2D eigenvalue weighted by molar-refractivity contribution is 5.91. The number of nitrogens with zero attached hydrogens (tertiary/aromatic N) is 4. The summed E-state index contributed by atoms with van der Waals surface area (Å²) in [6.45, 7) is 2.20. The maximum Gasteiger partial charge on any atom is 0.255 e. The second-order valence-corrected chi connectivity index (χ2v) is 7.85. The fourth-order valence-corrected chi connectivity index (χ4v) is 3.39. The number of amides is 1. The van der Waals surface area contributed by atoms with Crippen LogP contribution in [0.1, 0.15) is 35.4 Å². The van der Waals surface area contributed by atoms with Gasteiger partial charge in [-0.05, 0) is 36.2 Å². The maximum absolute atomic E-state index is 12.9. The molecular weight excluding hydrogens is 416 g/mol. The van der Waals surface area contributed by atoms with Crippen molar-refractivity contribution in [1.82, 2.24) is 14.8 Å². The first-order valence-corrected chi connectivity index (χ1v) is 10.1. The molecule has 0 aliphatic heterocycles. The molecule has 0 atom stereocenters. The number of hydrogen-bond donors (Lipinski definition) is 1. The molecule has 164 valence electrons. The van der Waals surface area contributed by atoms with E-state index in [0.717, 1.165) is 11.1 Å². The molecule has 2 heterocycles. The van der Waals surface area contributed by atoms with Gasteiger partial charge in [0.15, 0.2) is 5.82 Å². The third kappa shape index (κ3) is 5.27. The topological polar surface area (TPSA) is 92.8 Å². The summed E-state index contributed by atoms with van der Waals surface area (Å²) in [5, 5.41) is 16.2. The van der Waals surface area contributed by atoms with E-state index in [1.807, 2.05) is 19.1 Å². The van der Waals surface area contributed by atoms with E-state index >= 15 is 0 Å². The van der Waals surface area contributed by atoms with Crippen LogP contribution < -0.4 is 10.1 Å². The van der Waals surface area contributed by atoms with Crippen molar-refractivity contribution in [3.63, 3.8) is 0 Å². The van der Waals surface area contributed by atoms with E-state index in [1.165, 1.54) is 0 Å². The Morgan fingerprint density at radius 2 is 2.00 bits per heavy atom. The summed E-state index contributed by atoms with van der Waals surface area (Å²) < 4.78 is 32.9. The van der Waals surface area contributed by atoms with Gasteiger partial charge in [0, 0.05) is 25.1 Å². The number of carbonyl (C=O) groups is 1. The molecule has 0 bridgehead atoms. The first-order valence-electron chi connectivity index (χ1n) is 10.1. The second kappa shape index (κ2) is 8.75. The Balaban J connectivity index is 1.28. The molecular formula is C23H21F2N5O2. The molecule has 1 fully saturated rings. The first kappa shape index (κ1) is 21.4. The predicted octanol–water partition coefficient (Wildman–Crippen LogP) is 3.86. The average molecular weight is 437 g/mol. The monoisotopic (exact) mass is 437 g/mol. The number of carbonyl (C=O) groups excluding carboxylic acids is 1. The molecule has 1 aliphatic rings. The quantitative estimate of drug-likeness (QED) is 0.606. The molecule has 7 nitrogen and oxygen atoms in total. The van der Waals surface area contributed by atoms with Crippen LogP contribution in [0.4, 0.5) is 14.6 Å². The van der Waals surface area contributed by atoms with Gasteiger partial charge >= 0.3 is 0 Å². The summed E-state index contributed by atoms with van der Waals surface area (Å²) in [7, 11) is 0. The second-order valence-electron chi connectivity index (χ2n) is 7.85. The number of nitrogens with one attached hydrogen (secondary N) is 1. The largest absolute Gasteiger partial charge is 0.490 e. The van der Waals surface area contributed by atoms with Crippen molar-refractivity contribution in [2.75, 3.05) is 5.32 Å². The van der Waals surface area contributed by atoms with Crippen LogP contribution in [0.3, 0.4) is 0 Å². The number of ether oxygens (including phenoxy) is 1. The molecule has 3 aromatic rings. The summed E-state index contributed by atoms with van der Waals surface area (Å²) in [6.07, 6.45) is 0.877. The normalized spacial score (nSPS) is 14.9. The molecule has 0 radical (unpaired) electrons. The Hall–Kier alpha value is -3.80. The molecule has 0 unspecified atom stereocenters. The van der Waals surface area contributed by atoms with E-state index in [0.29, 0.717) is 29.5 Å². The third-order valence-electron chi connectivity index (χ3n) is 5.14. The first-order chi connectivity index (χ1) is 15.3. The average Bonchev–Trinajstić information content (AvgIpc) is 3.16. The standard InChI is InChI=1S/C23H21F2N5O2/c1-15-2-5-17(27-20(15)13-26)14-30-9-8-21(29-30)28-22(31)10-16-3-6-18(7-4-16)32-19-11-23(24,25)12-19/h2-9,19H,10-12,14H2,1H3,(H,28,29,31). The van der Waals surface area contributed by atoms with Gasteiger partial charge in [0.25, 0.3) is 5.92 Å². The Bertz CT molecular complexity index is 1160. The summed E-state index contributed by atoms with van der Waals surface area (Å²) in [6, 6.07) is 14.2. The van der Waals surface area contributed by atoms with Gasteiger partial charge in [-0.1, -0.05) is 18.2 Å². The SMILES string of the molecule is Cc1ccc(Cn2ccc(NC(=O)Cc3ccc(OC4CC(F)(F)C4)cc3)n2)nc1C#N. The number of aryl methyl sites for hydroxylation is 1. The highest BCUT2D eigenvalue weighted by Crippen LogP contribution is 2.39. The van der Waals surface area contributed by atoms with Crippen LogP contribution in [-0.2, 0) is 17.8 Å². The lowest BCUT2D eigenvalue weighted by Gasteiger charge is -2.34. The minimum Gasteiger partial charge on any atom is -0.490 e. The van der Waals surface area contributed by atoms with Crippen molar-refractivity contribution in [3.05, 3.63) is 71.2 Å². The van der Waals surface area contributed by atoms with Crippen LogP contribution in [0.15, 0.2) is 48.7 Å². The molecule has 0 saturated heterocycles. The fraction of sp³-hybridized carbons (Fsp3) is 0.304. The predicted molar refractivity (Wildman–Crippen MR) is 112 cm³/mol. The number of pyridine rings is 1. The fourth-order valence-electron chi connectivity index (χ4n) is 3.39. The van der Waals surface area contributed by atoms with Gasteiger partial charge in [-0.2, -0.15) is 10.4 Å². The number of anilines is 1. The van der Waals surface area contributed by atoms with Crippen molar-refractivity contribution in [3.8, 4) is 11.8 Å².